The second-order valence-electron chi connectivity index (χ2n) is 35.2. The maximum atomic E-state index is 2.40. The van der Waals surface area contributed by atoms with Gasteiger partial charge in [-0.05, 0) is 64.2 Å². The number of halogens is 1. The minimum absolute atomic E-state index is 0. The Balaban J connectivity index is 0. The molecule has 0 aliphatic carbocycles. The van der Waals surface area contributed by atoms with Gasteiger partial charge in [0, 0.05) is 38.5 Å². The van der Waals surface area contributed by atoms with E-state index in [0.29, 0.717) is 11.1 Å². The van der Waals surface area contributed by atoms with Crippen molar-refractivity contribution in [2.75, 3.05) is 13.1 Å². The van der Waals surface area contributed by atoms with E-state index in [0.717, 1.165) is 0 Å². The van der Waals surface area contributed by atoms with Crippen LogP contribution in [-0.4, -0.2) is 28.7 Å². The average Bonchev–Trinajstić information content (AvgIpc) is 0.723. The molecular weight excluding hydrogens is 1280 g/mol. The van der Waals surface area contributed by atoms with Gasteiger partial charge in [-0.25, -0.2) is 0 Å². The molecule has 610 valence electrons. The van der Waals surface area contributed by atoms with Gasteiger partial charge in [0.2, 0.25) is 0 Å². The first-order valence-electron chi connectivity index (χ1n) is 49.4. The highest BCUT2D eigenvalue weighted by molar-refractivity contribution is 4.94. The molecule has 0 saturated heterocycles. The van der Waals surface area contributed by atoms with E-state index in [1.807, 2.05) is 0 Å². The maximum absolute atomic E-state index is 2.40. The third-order valence-electron chi connectivity index (χ3n) is 25.8. The first-order chi connectivity index (χ1) is 49.5. The van der Waals surface area contributed by atoms with Crippen molar-refractivity contribution in [2.24, 2.45) is 0 Å². The third-order valence-corrected chi connectivity index (χ3v) is 25.8. The van der Waals surface area contributed by atoms with E-state index in [1.54, 1.807) is 43.0 Å². The Hall–Kier alpha value is 0.440. The predicted molar refractivity (Wildman–Crippen MR) is 463 cm³/mol. The van der Waals surface area contributed by atoms with Crippen LogP contribution in [0.1, 0.15) is 614 Å². The monoisotopic (exact) mass is 1480 g/mol. The van der Waals surface area contributed by atoms with Gasteiger partial charge in [0.05, 0.1) is 24.2 Å². The SMILES string of the molecule is CCCCCCCCCCCCC[N+](CCCCCCCCCCCC)(C(CCCCCCCCCCCC)(CCCCCCCCCCCC)CCCCCCCCCCCC)C(CCCCCCCCCCCC)(CCCCCCCCCCCC)CCCCCCCCCCCC.[Br-]. The summed E-state index contributed by atoms with van der Waals surface area (Å²) < 4.78 is 1.60. The van der Waals surface area contributed by atoms with Crippen LogP contribution < -0.4 is 17.0 Å². The van der Waals surface area contributed by atoms with Gasteiger partial charge in [-0.3, -0.25) is 0 Å². The van der Waals surface area contributed by atoms with E-state index in [9.17, 15) is 0 Å². The summed E-state index contributed by atoms with van der Waals surface area (Å²) in [4.78, 5) is 0. The molecule has 101 heavy (non-hydrogen) atoms. The Morgan fingerprint density at radius 2 is 0.208 bits per heavy atom. The molecule has 0 bridgehead atoms. The lowest BCUT2D eigenvalue weighted by Crippen LogP contribution is -3.00. The number of quaternary nitrogens is 1. The van der Waals surface area contributed by atoms with Crippen molar-refractivity contribution in [2.45, 2.75) is 625 Å². The zero-order chi connectivity index (χ0) is 72.4. The van der Waals surface area contributed by atoms with Crippen LogP contribution in [0.15, 0.2) is 0 Å². The van der Waals surface area contributed by atoms with E-state index in [1.165, 1.54) is 533 Å². The van der Waals surface area contributed by atoms with Crippen LogP contribution in [0.2, 0.25) is 0 Å². The summed E-state index contributed by atoms with van der Waals surface area (Å²) >= 11 is 0. The maximum Gasteiger partial charge on any atom is 0.0996 e. The molecule has 0 aromatic carbocycles. The number of hydrogen-bond acceptors (Lipinski definition) is 0. The molecule has 0 saturated carbocycles. The van der Waals surface area contributed by atoms with Crippen LogP contribution in [0.5, 0.6) is 0 Å². The van der Waals surface area contributed by atoms with E-state index >= 15 is 0 Å². The second-order valence-corrected chi connectivity index (χ2v) is 35.2. The topological polar surface area (TPSA) is 0 Å². The van der Waals surface area contributed by atoms with Crippen LogP contribution in [-0.2, 0) is 0 Å². The molecular formula is C99H202BrN. The molecule has 0 aliphatic heterocycles. The molecule has 0 aromatic rings. The number of rotatable bonds is 91. The molecule has 0 atom stereocenters. The van der Waals surface area contributed by atoms with Gasteiger partial charge in [-0.15, -0.1) is 0 Å². The number of unbranched alkanes of at least 4 members (excludes halogenated alkanes) is 73. The van der Waals surface area contributed by atoms with Crippen molar-refractivity contribution in [3.8, 4) is 0 Å². The molecule has 0 aliphatic rings. The van der Waals surface area contributed by atoms with Gasteiger partial charge in [0.25, 0.3) is 0 Å². The largest absolute Gasteiger partial charge is 1.00 e. The summed E-state index contributed by atoms with van der Waals surface area (Å²) in [7, 11) is 0. The summed E-state index contributed by atoms with van der Waals surface area (Å²) in [5.41, 5.74) is 0.821. The zero-order valence-corrected chi connectivity index (χ0v) is 74.3. The van der Waals surface area contributed by atoms with Crippen molar-refractivity contribution in [1.29, 1.82) is 0 Å². The third kappa shape index (κ3) is 63.9. The van der Waals surface area contributed by atoms with Crippen molar-refractivity contribution in [3.63, 3.8) is 0 Å². The van der Waals surface area contributed by atoms with E-state index in [4.69, 9.17) is 0 Å². The van der Waals surface area contributed by atoms with E-state index in [-0.39, 0.29) is 17.0 Å². The van der Waals surface area contributed by atoms with Crippen molar-refractivity contribution in [3.05, 3.63) is 0 Å². The zero-order valence-electron chi connectivity index (χ0n) is 72.8. The molecule has 0 N–H and O–H groups in total. The summed E-state index contributed by atoms with van der Waals surface area (Å²) in [6.07, 6.45) is 129. The van der Waals surface area contributed by atoms with Gasteiger partial charge in [-0.1, -0.05) is 511 Å². The van der Waals surface area contributed by atoms with Gasteiger partial charge < -0.3 is 21.5 Å². The highest BCUT2D eigenvalue weighted by Gasteiger charge is 2.59. The lowest BCUT2D eigenvalue weighted by Gasteiger charge is -2.65. The molecule has 0 radical (unpaired) electrons. The molecule has 0 unspecified atom stereocenters. The quantitative estimate of drug-likeness (QED) is 0.0421. The van der Waals surface area contributed by atoms with Gasteiger partial charge >= 0.3 is 0 Å². The van der Waals surface area contributed by atoms with Crippen molar-refractivity contribution < 1.29 is 21.5 Å². The van der Waals surface area contributed by atoms with Crippen LogP contribution in [0.4, 0.5) is 0 Å². The predicted octanol–water partition coefficient (Wildman–Crippen LogP) is 34.4. The lowest BCUT2D eigenvalue weighted by molar-refractivity contribution is -1.02. The molecule has 0 heterocycles. The minimum atomic E-state index is 0. The fourth-order valence-electron chi connectivity index (χ4n) is 19.2. The first-order valence-corrected chi connectivity index (χ1v) is 49.4. The fraction of sp³-hybridized carbons (Fsp3) is 1.00. The van der Waals surface area contributed by atoms with E-state index in [2.05, 4.69) is 55.4 Å². The smallest absolute Gasteiger partial charge is 0.0996 e. The van der Waals surface area contributed by atoms with Gasteiger partial charge in [0.1, 0.15) is 0 Å². The molecule has 0 spiro atoms. The Labute approximate surface area is 655 Å². The highest BCUT2D eigenvalue weighted by Crippen LogP contribution is 2.53. The Kier molecular flexibility index (Phi) is 88.2. The first kappa shape index (κ1) is 103. The summed E-state index contributed by atoms with van der Waals surface area (Å²) in [5, 5.41) is 0. The molecule has 0 amide bonds. The molecule has 0 fully saturated rings. The van der Waals surface area contributed by atoms with Gasteiger partial charge in [-0.2, -0.15) is 0 Å². The van der Waals surface area contributed by atoms with Gasteiger partial charge in [0.15, 0.2) is 0 Å². The van der Waals surface area contributed by atoms with Crippen molar-refractivity contribution in [1.82, 2.24) is 0 Å². The summed E-state index contributed by atoms with van der Waals surface area (Å²) in [6, 6.07) is 0. The average molecular weight is 1490 g/mol. The minimum Gasteiger partial charge on any atom is -1.00 e. The fourth-order valence-corrected chi connectivity index (χ4v) is 19.2. The lowest BCUT2D eigenvalue weighted by atomic mass is 9.68. The van der Waals surface area contributed by atoms with Crippen LogP contribution in [0, 0.1) is 0 Å². The Morgan fingerprint density at radius 3 is 0.317 bits per heavy atom. The molecule has 1 nitrogen and oxygen atoms in total. The molecule has 0 rings (SSSR count). The highest BCUT2D eigenvalue weighted by atomic mass is 79.9. The van der Waals surface area contributed by atoms with Crippen LogP contribution in [0.3, 0.4) is 0 Å². The summed E-state index contributed by atoms with van der Waals surface area (Å²) in [5.74, 6) is 0. The molecule has 0 aromatic heterocycles. The Morgan fingerprint density at radius 1 is 0.119 bits per heavy atom. The standard InChI is InChI=1S/C99H202N.BrH/c1-9-17-25-33-41-49-57-65-73-81-89-97-100(96-88-80-72-64-56-48-40-32-24-16-8,98(90-82-74-66-58-50-42-34-26-18-10-2,91-83-75-67-59-51-43-35-27-19-11-3)92-84-76-68-60-52-44-36-28-20-12-4)99(93-85-77-69-61-53-45-37-29-21-13-5,94-86-78-70-62-54-46-38-30-22-14-6)95-87-79-71-63-55-47-39-31-23-15-7;/h9-97H2,1-8H3;1H/q+1;/p-1. The molecule has 2 heteroatoms. The second kappa shape index (κ2) is 86.0. The number of hydrogen-bond donors (Lipinski definition) is 0. The number of nitrogens with zero attached hydrogens (tertiary/aromatic N) is 1. The van der Waals surface area contributed by atoms with Crippen LogP contribution >= 0.6 is 0 Å². The van der Waals surface area contributed by atoms with Crippen LogP contribution in [0.25, 0.3) is 0 Å². The van der Waals surface area contributed by atoms with E-state index < -0.39 is 0 Å². The Bertz CT molecular complexity index is 1250. The normalized spacial score (nSPS) is 12.2. The summed E-state index contributed by atoms with van der Waals surface area (Å²) in [6.45, 7) is 22.2. The van der Waals surface area contributed by atoms with Crippen molar-refractivity contribution >= 4 is 0 Å².